The van der Waals surface area contributed by atoms with Gasteiger partial charge < -0.3 is 20.1 Å². The lowest BCUT2D eigenvalue weighted by molar-refractivity contribution is -0.131. The predicted octanol–water partition coefficient (Wildman–Crippen LogP) is 8.41. The molecule has 0 aliphatic carbocycles. The smallest absolute Gasteiger partial charge is 0.253 e. The second-order valence-electron chi connectivity index (χ2n) is 17.2. The fourth-order valence-electron chi connectivity index (χ4n) is 9.00. The summed E-state index contributed by atoms with van der Waals surface area (Å²) in [6.45, 7) is 16.6. The average Bonchev–Trinajstić information content (AvgIpc) is 3.96. The minimum absolute atomic E-state index is 0.00506. The number of hydrogen-bond acceptors (Lipinski definition) is 10. The summed E-state index contributed by atoms with van der Waals surface area (Å²) in [5.41, 5.74) is 9.03. The Kier molecular flexibility index (Phi) is 12.0. The van der Waals surface area contributed by atoms with Gasteiger partial charge in [-0.3, -0.25) is 28.6 Å². The van der Waals surface area contributed by atoms with Crippen LogP contribution in [0.25, 0.3) is 27.0 Å². The van der Waals surface area contributed by atoms with E-state index in [4.69, 9.17) is 21.6 Å². The summed E-state index contributed by atoms with van der Waals surface area (Å²) in [5.74, 6) is 1.93. The third kappa shape index (κ3) is 8.38. The molecule has 2 N–H and O–H groups in total. The highest BCUT2D eigenvalue weighted by Gasteiger charge is 2.34. The Morgan fingerprint density at radius 3 is 2.40 bits per heavy atom. The first kappa shape index (κ1) is 43.8. The SMILES string of the molecule is CCCc1cc(C)[nH]c(=O)c1CNC(=O)c1cc(-c2ccc(N3CCN(C(=O)C[C@@H]4N=C(c5ccc(Cl)cc5)c5c(sc(C)c5C)-n5c(C)nnc54)CC3)nc2)cc2c1cnn2C(C)C. The normalized spacial score (nSPS) is 15.0. The maximum atomic E-state index is 14.2. The second kappa shape index (κ2) is 17.8. The first-order chi connectivity index (χ1) is 31.3. The van der Waals surface area contributed by atoms with E-state index < -0.39 is 6.04 Å². The van der Waals surface area contributed by atoms with Crippen molar-refractivity contribution in [3.63, 3.8) is 0 Å². The molecule has 7 heterocycles. The van der Waals surface area contributed by atoms with Gasteiger partial charge in [-0.2, -0.15) is 5.10 Å². The molecule has 0 bridgehead atoms. The first-order valence-electron chi connectivity index (χ1n) is 22.2. The Morgan fingerprint density at radius 2 is 1.69 bits per heavy atom. The lowest BCUT2D eigenvalue weighted by Gasteiger charge is -2.35. The van der Waals surface area contributed by atoms with Crippen LogP contribution in [0.3, 0.4) is 0 Å². The molecule has 1 fully saturated rings. The lowest BCUT2D eigenvalue weighted by Crippen LogP contribution is -2.49. The number of carbonyl (C=O) groups excluding carboxylic acids is 2. The maximum absolute atomic E-state index is 14.2. The number of nitrogens with one attached hydrogen (secondary N) is 2. The van der Waals surface area contributed by atoms with Crippen molar-refractivity contribution in [1.82, 2.24) is 44.7 Å². The number of hydrogen-bond donors (Lipinski definition) is 2. The number of amides is 2. The van der Waals surface area contributed by atoms with Gasteiger partial charge in [-0.1, -0.05) is 37.1 Å². The van der Waals surface area contributed by atoms with E-state index in [0.717, 1.165) is 85.2 Å². The van der Waals surface area contributed by atoms with Crippen LogP contribution in [0, 0.1) is 27.7 Å². The van der Waals surface area contributed by atoms with E-state index in [-0.39, 0.29) is 36.4 Å². The van der Waals surface area contributed by atoms with Crippen molar-refractivity contribution < 1.29 is 9.59 Å². The van der Waals surface area contributed by atoms with Crippen LogP contribution in [0.15, 0.2) is 76.8 Å². The Bertz CT molecular complexity index is 3050. The monoisotopic (exact) mass is 909 g/mol. The van der Waals surface area contributed by atoms with E-state index in [1.54, 1.807) is 17.5 Å². The number of rotatable bonds is 11. The number of anilines is 1. The fraction of sp³-hybridized carbons (Fsp3) is 0.347. The summed E-state index contributed by atoms with van der Waals surface area (Å²) in [7, 11) is 0. The Hall–Kier alpha value is -6.45. The van der Waals surface area contributed by atoms with Gasteiger partial charge in [-0.05, 0) is 107 Å². The van der Waals surface area contributed by atoms with Gasteiger partial charge in [0.1, 0.15) is 22.7 Å². The zero-order valence-corrected chi connectivity index (χ0v) is 39.3. The third-order valence-electron chi connectivity index (χ3n) is 12.5. The van der Waals surface area contributed by atoms with Crippen LogP contribution in [0.2, 0.25) is 5.02 Å². The summed E-state index contributed by atoms with van der Waals surface area (Å²) in [5, 5.41) is 19.1. The molecule has 2 aromatic carbocycles. The lowest BCUT2D eigenvalue weighted by atomic mass is 9.99. The number of aromatic amines is 1. The van der Waals surface area contributed by atoms with Crippen molar-refractivity contribution in [2.75, 3.05) is 31.1 Å². The predicted molar refractivity (Wildman–Crippen MR) is 257 cm³/mol. The van der Waals surface area contributed by atoms with Gasteiger partial charge in [0.25, 0.3) is 11.5 Å². The molecule has 16 heteroatoms. The Balaban J connectivity index is 0.916. The van der Waals surface area contributed by atoms with Gasteiger partial charge in [-0.25, -0.2) is 4.98 Å². The van der Waals surface area contributed by atoms with Gasteiger partial charge in [0.05, 0.1) is 29.4 Å². The molecule has 0 radical (unpaired) electrons. The van der Waals surface area contributed by atoms with E-state index in [0.29, 0.717) is 48.2 Å². The average molecular weight is 911 g/mol. The quantitative estimate of drug-likeness (QED) is 0.131. The number of halogens is 1. The molecule has 0 saturated carbocycles. The van der Waals surface area contributed by atoms with Gasteiger partial charge >= 0.3 is 0 Å². The molecule has 65 heavy (non-hydrogen) atoms. The summed E-state index contributed by atoms with van der Waals surface area (Å²) < 4.78 is 3.99. The zero-order chi connectivity index (χ0) is 45.7. The Labute approximate surface area is 386 Å². The van der Waals surface area contributed by atoms with Crippen LogP contribution < -0.4 is 15.8 Å². The molecule has 2 aliphatic rings. The highest BCUT2D eigenvalue weighted by atomic mass is 35.5. The molecule has 14 nitrogen and oxygen atoms in total. The molecule has 0 unspecified atom stereocenters. The highest BCUT2D eigenvalue weighted by Crippen LogP contribution is 2.40. The standard InChI is InChI=1S/C49H52ClN11O3S/c1-8-9-33-20-28(4)54-48(64)38(33)25-52-47(63)37-21-35(22-41-39(37)26-53-61(41)27(2)3)34-12-15-42(51-24-34)58-16-18-59(19-17-58)43(62)23-40-46-57-56-31(7)60(46)49-44(29(5)30(6)65-49)45(55-40)32-10-13-36(50)14-11-32/h10-15,20-22,24,26-27,40H,8-9,16-19,23,25H2,1-7H3,(H,52,63)(H,54,64)/t40-/m0/s1. The van der Waals surface area contributed by atoms with Crippen LogP contribution in [0.5, 0.6) is 0 Å². The number of aromatic nitrogens is 7. The van der Waals surface area contributed by atoms with E-state index in [1.807, 2.05) is 84.2 Å². The molecule has 1 saturated heterocycles. The minimum Gasteiger partial charge on any atom is -0.353 e. The molecule has 2 amide bonds. The number of benzene rings is 2. The number of carbonyl (C=O) groups is 2. The molecule has 7 aromatic rings. The number of aliphatic imine (C=N–C) groups is 1. The van der Waals surface area contributed by atoms with Crippen molar-refractivity contribution in [2.24, 2.45) is 4.99 Å². The van der Waals surface area contributed by atoms with Gasteiger partial charge in [0.2, 0.25) is 5.91 Å². The van der Waals surface area contributed by atoms with E-state index in [1.165, 1.54) is 4.88 Å². The molecular weight excluding hydrogens is 858 g/mol. The van der Waals surface area contributed by atoms with Crippen molar-refractivity contribution >= 4 is 57.2 Å². The molecule has 5 aromatic heterocycles. The van der Waals surface area contributed by atoms with Crippen LogP contribution in [-0.4, -0.2) is 83.1 Å². The summed E-state index contributed by atoms with van der Waals surface area (Å²) in [6.07, 6.45) is 5.35. The third-order valence-corrected chi connectivity index (χ3v) is 14.0. The van der Waals surface area contributed by atoms with Crippen molar-refractivity contribution in [1.29, 1.82) is 0 Å². The molecular formula is C49H52ClN11O3S. The van der Waals surface area contributed by atoms with E-state index >= 15 is 0 Å². The fourth-order valence-corrected chi connectivity index (χ4v) is 10.3. The number of piperazine rings is 1. The van der Waals surface area contributed by atoms with Crippen LogP contribution in [0.4, 0.5) is 5.82 Å². The molecule has 2 aliphatic heterocycles. The minimum atomic E-state index is -0.540. The van der Waals surface area contributed by atoms with Gasteiger partial charge in [0, 0.05) is 88.2 Å². The van der Waals surface area contributed by atoms with Crippen LogP contribution in [0.1, 0.15) is 106 Å². The Morgan fingerprint density at radius 1 is 0.938 bits per heavy atom. The van der Waals surface area contributed by atoms with E-state index in [2.05, 4.69) is 69.7 Å². The van der Waals surface area contributed by atoms with Crippen molar-refractivity contribution in [3.8, 4) is 16.1 Å². The first-order valence-corrected chi connectivity index (χ1v) is 23.4. The van der Waals surface area contributed by atoms with Gasteiger partial charge in [-0.15, -0.1) is 21.5 Å². The number of nitrogens with zero attached hydrogens (tertiary/aromatic N) is 9. The number of H-pyrrole nitrogens is 1. The maximum Gasteiger partial charge on any atom is 0.253 e. The highest BCUT2D eigenvalue weighted by molar-refractivity contribution is 7.15. The van der Waals surface area contributed by atoms with Crippen LogP contribution >= 0.6 is 22.9 Å². The summed E-state index contributed by atoms with van der Waals surface area (Å²) in [6, 6.07) is 17.1. The number of pyridine rings is 2. The molecule has 334 valence electrons. The molecule has 1 atom stereocenters. The topological polar surface area (TPSA) is 159 Å². The zero-order valence-electron chi connectivity index (χ0n) is 37.7. The largest absolute Gasteiger partial charge is 0.353 e. The molecule has 9 rings (SSSR count). The van der Waals surface area contributed by atoms with E-state index in [9.17, 15) is 14.4 Å². The van der Waals surface area contributed by atoms with Crippen LogP contribution in [-0.2, 0) is 17.8 Å². The summed E-state index contributed by atoms with van der Waals surface area (Å²) in [4.78, 5) is 59.5. The number of thiophene rings is 1. The number of fused-ring (bicyclic) bond motifs is 4. The summed E-state index contributed by atoms with van der Waals surface area (Å²) >= 11 is 7.99. The van der Waals surface area contributed by atoms with Crippen molar-refractivity contribution in [3.05, 3.63) is 138 Å². The second-order valence-corrected chi connectivity index (χ2v) is 18.9. The number of aryl methyl sites for hydroxylation is 4. The van der Waals surface area contributed by atoms with Crippen molar-refractivity contribution in [2.45, 2.75) is 86.4 Å². The molecule has 0 spiro atoms. The van der Waals surface area contributed by atoms with Gasteiger partial charge in [0.15, 0.2) is 5.82 Å².